The zero-order valence-corrected chi connectivity index (χ0v) is 25.7. The summed E-state index contributed by atoms with van der Waals surface area (Å²) in [4.78, 5) is 34.6. The molecule has 0 unspecified atom stereocenters. The van der Waals surface area contributed by atoms with Crippen LogP contribution in [0.25, 0.3) is 0 Å². The van der Waals surface area contributed by atoms with Crippen LogP contribution >= 0.6 is 11.6 Å². The van der Waals surface area contributed by atoms with Crippen LogP contribution in [0.3, 0.4) is 0 Å². The van der Waals surface area contributed by atoms with Gasteiger partial charge in [-0.25, -0.2) is 18.2 Å². The van der Waals surface area contributed by atoms with Crippen molar-refractivity contribution < 1.29 is 27.5 Å². The number of nitrogens with zero attached hydrogens (tertiary/aromatic N) is 2. The van der Waals surface area contributed by atoms with Gasteiger partial charge in [0.25, 0.3) is 5.91 Å². The van der Waals surface area contributed by atoms with Crippen molar-refractivity contribution in [3.05, 3.63) is 52.3 Å². The average molecular weight is 593 g/mol. The summed E-state index contributed by atoms with van der Waals surface area (Å²) in [5.41, 5.74) is -0.536. The molecule has 3 rings (SSSR count). The number of ether oxygens (including phenoxy) is 2. The molecule has 12 heteroatoms. The maximum Gasteiger partial charge on any atom is 0.413 e. The van der Waals surface area contributed by atoms with Gasteiger partial charge in [0, 0.05) is 17.4 Å². The van der Waals surface area contributed by atoms with E-state index in [9.17, 15) is 18.0 Å². The fourth-order valence-corrected chi connectivity index (χ4v) is 6.09. The van der Waals surface area contributed by atoms with Gasteiger partial charge in [0.1, 0.15) is 33.2 Å². The van der Waals surface area contributed by atoms with Crippen LogP contribution in [0.5, 0.6) is 5.75 Å². The number of hydrogen-bond acceptors (Lipinski definition) is 8. The smallest absolute Gasteiger partial charge is 0.413 e. The second kappa shape index (κ2) is 11.4. The highest BCUT2D eigenvalue weighted by Crippen LogP contribution is 2.42. The predicted octanol–water partition coefficient (Wildman–Crippen LogP) is 5.43. The number of rotatable bonds is 6. The van der Waals surface area contributed by atoms with Gasteiger partial charge in [-0.2, -0.15) is 0 Å². The van der Waals surface area contributed by atoms with Gasteiger partial charge in [-0.05, 0) is 84.7 Å². The third kappa shape index (κ3) is 6.93. The first kappa shape index (κ1) is 31.3. The summed E-state index contributed by atoms with van der Waals surface area (Å²) < 4.78 is 37.1. The minimum atomic E-state index is -3.85. The van der Waals surface area contributed by atoms with Crippen LogP contribution in [0.1, 0.15) is 76.5 Å². The number of amidine groups is 1. The van der Waals surface area contributed by atoms with Crippen LogP contribution < -0.4 is 15.4 Å². The zero-order chi connectivity index (χ0) is 30.1. The van der Waals surface area contributed by atoms with E-state index in [4.69, 9.17) is 26.1 Å². The van der Waals surface area contributed by atoms with Crippen LogP contribution in [0, 0.1) is 6.92 Å². The van der Waals surface area contributed by atoms with Gasteiger partial charge in [0.05, 0.1) is 17.4 Å². The Hall–Kier alpha value is -3.18. The van der Waals surface area contributed by atoms with E-state index < -0.39 is 37.7 Å². The molecule has 40 heavy (non-hydrogen) atoms. The Morgan fingerprint density at radius 2 is 1.80 bits per heavy atom. The highest BCUT2D eigenvalue weighted by molar-refractivity contribution is 7.93. The van der Waals surface area contributed by atoms with Gasteiger partial charge in [-0.15, -0.1) is 0 Å². The summed E-state index contributed by atoms with van der Waals surface area (Å²) >= 11 is 5.98. The molecule has 0 spiro atoms. The fourth-order valence-electron chi connectivity index (χ4n) is 4.16. The van der Waals surface area contributed by atoms with Crippen LogP contribution in [0.2, 0.25) is 5.02 Å². The maximum atomic E-state index is 13.6. The lowest BCUT2D eigenvalue weighted by molar-refractivity contribution is 0.0560. The number of alkyl carbamates (subject to hydrolysis) is 1. The standard InChI is InChI=1S/C28H37ClN4O6S/c1-9-12-38-21-11-10-19(31-23(34)22-17(2)13-18(29)15-30-22)14-20(21)28(8)16-40(36,37)27(6,7)24(33-28)32-25(35)39-26(3,4)5/h10-11,13-15H,9,12,16H2,1-8H3,(H,31,34)(H,32,33,35)/t28-/m0/s1. The molecule has 0 saturated heterocycles. The number of halogens is 1. The first-order valence-corrected chi connectivity index (χ1v) is 14.9. The Balaban J connectivity index is 2.10. The number of carbonyl (C=O) groups is 2. The van der Waals surface area contributed by atoms with Crippen molar-refractivity contribution in [2.45, 2.75) is 77.7 Å². The normalized spacial score (nSPS) is 19.8. The highest BCUT2D eigenvalue weighted by Gasteiger charge is 2.51. The Bertz CT molecular complexity index is 1450. The largest absolute Gasteiger partial charge is 0.493 e. The number of benzene rings is 1. The molecule has 1 aromatic heterocycles. The van der Waals surface area contributed by atoms with E-state index in [-0.39, 0.29) is 17.3 Å². The molecule has 2 heterocycles. The number of sulfone groups is 1. The van der Waals surface area contributed by atoms with Gasteiger partial charge in [-0.1, -0.05) is 18.5 Å². The second-order valence-corrected chi connectivity index (χ2v) is 14.4. The number of amides is 2. The average Bonchev–Trinajstić information content (AvgIpc) is 2.80. The van der Waals surface area contributed by atoms with Crippen molar-refractivity contribution in [1.82, 2.24) is 10.3 Å². The van der Waals surface area contributed by atoms with Gasteiger partial charge >= 0.3 is 6.09 Å². The lowest BCUT2D eigenvalue weighted by atomic mass is 9.92. The molecule has 1 aliphatic rings. The minimum Gasteiger partial charge on any atom is -0.493 e. The second-order valence-electron chi connectivity index (χ2n) is 11.5. The first-order valence-electron chi connectivity index (χ1n) is 12.9. The van der Waals surface area contributed by atoms with Gasteiger partial charge in [0.15, 0.2) is 9.84 Å². The van der Waals surface area contributed by atoms with E-state index in [0.717, 1.165) is 6.42 Å². The van der Waals surface area contributed by atoms with Crippen LogP contribution in [-0.2, 0) is 20.1 Å². The monoisotopic (exact) mass is 592 g/mol. The number of carbonyl (C=O) groups excluding carboxylic acids is 2. The molecule has 0 fully saturated rings. The van der Waals surface area contributed by atoms with Crippen molar-refractivity contribution in [1.29, 1.82) is 0 Å². The summed E-state index contributed by atoms with van der Waals surface area (Å²) in [6.45, 7) is 13.8. The topological polar surface area (TPSA) is 136 Å². The Morgan fingerprint density at radius 1 is 1.12 bits per heavy atom. The summed E-state index contributed by atoms with van der Waals surface area (Å²) in [5.74, 6) is -0.448. The molecule has 0 saturated carbocycles. The molecule has 2 amide bonds. The highest BCUT2D eigenvalue weighted by atomic mass is 35.5. The number of aryl methyl sites for hydroxylation is 1. The first-order chi connectivity index (χ1) is 18.4. The molecule has 0 radical (unpaired) electrons. The van der Waals surface area contributed by atoms with Crippen LogP contribution in [-0.4, -0.2) is 53.9 Å². The van der Waals surface area contributed by atoms with Crippen molar-refractivity contribution in [3.63, 3.8) is 0 Å². The van der Waals surface area contributed by atoms with Gasteiger partial charge in [-0.3, -0.25) is 15.1 Å². The summed E-state index contributed by atoms with van der Waals surface area (Å²) in [6.07, 6.45) is 1.30. The third-order valence-electron chi connectivity index (χ3n) is 6.34. The van der Waals surface area contributed by atoms with Crippen molar-refractivity contribution in [2.24, 2.45) is 4.99 Å². The number of pyridine rings is 1. The fraction of sp³-hybridized carbons (Fsp3) is 0.500. The van der Waals surface area contributed by atoms with E-state index >= 15 is 0 Å². The predicted molar refractivity (Wildman–Crippen MR) is 156 cm³/mol. The van der Waals surface area contributed by atoms with Crippen LogP contribution in [0.15, 0.2) is 35.5 Å². The molecule has 1 aliphatic heterocycles. The molecular formula is C28H37ClN4O6S. The van der Waals surface area contributed by atoms with Crippen molar-refractivity contribution >= 4 is 45.0 Å². The van der Waals surface area contributed by atoms with E-state index in [2.05, 4.69) is 15.6 Å². The molecule has 10 nitrogen and oxygen atoms in total. The minimum absolute atomic E-state index is 0.0487. The molecule has 1 aromatic carbocycles. The SMILES string of the molecule is CCCOc1ccc(NC(=O)c2ncc(Cl)cc2C)cc1[C@]1(C)CS(=O)(=O)C(C)(C)C(NC(=O)OC(C)(C)C)=N1. The molecule has 1 atom stereocenters. The van der Waals surface area contributed by atoms with Crippen molar-refractivity contribution in [3.8, 4) is 5.75 Å². The number of aromatic nitrogens is 1. The Labute approximate surface area is 240 Å². The summed E-state index contributed by atoms with van der Waals surface area (Å²) in [6, 6.07) is 6.60. The lowest BCUT2D eigenvalue weighted by Crippen LogP contribution is -2.57. The summed E-state index contributed by atoms with van der Waals surface area (Å²) in [5, 5.41) is 5.80. The third-order valence-corrected chi connectivity index (χ3v) is 9.23. The van der Waals surface area contributed by atoms with E-state index in [0.29, 0.717) is 34.2 Å². The van der Waals surface area contributed by atoms with E-state index in [1.807, 2.05) is 6.92 Å². The lowest BCUT2D eigenvalue weighted by Gasteiger charge is -2.39. The van der Waals surface area contributed by atoms with Crippen LogP contribution in [0.4, 0.5) is 10.5 Å². The number of aliphatic imine (C=N–C) groups is 1. The Kier molecular flexibility index (Phi) is 8.91. The van der Waals surface area contributed by atoms with Gasteiger partial charge < -0.3 is 14.8 Å². The Morgan fingerprint density at radius 3 is 2.40 bits per heavy atom. The molecule has 2 aromatic rings. The van der Waals surface area contributed by atoms with E-state index in [1.165, 1.54) is 20.0 Å². The van der Waals surface area contributed by atoms with Crippen molar-refractivity contribution in [2.75, 3.05) is 17.7 Å². The molecule has 2 N–H and O–H groups in total. The molecular weight excluding hydrogens is 556 g/mol. The molecule has 0 bridgehead atoms. The maximum absolute atomic E-state index is 13.6. The molecule has 218 valence electrons. The number of nitrogens with one attached hydrogen (secondary N) is 2. The van der Waals surface area contributed by atoms with Gasteiger partial charge in [0.2, 0.25) is 0 Å². The summed E-state index contributed by atoms with van der Waals surface area (Å²) in [7, 11) is -3.85. The molecule has 0 aliphatic carbocycles. The number of hydrogen-bond donors (Lipinski definition) is 2. The van der Waals surface area contributed by atoms with E-state index in [1.54, 1.807) is 58.9 Å². The number of anilines is 1. The quantitative estimate of drug-likeness (QED) is 0.456. The zero-order valence-electron chi connectivity index (χ0n) is 24.1.